The highest BCUT2D eigenvalue weighted by atomic mass is 15.0. The van der Waals surface area contributed by atoms with E-state index in [-0.39, 0.29) is 0 Å². The molecule has 0 bridgehead atoms. The van der Waals surface area contributed by atoms with Crippen molar-refractivity contribution < 1.29 is 0 Å². The zero-order valence-electron chi connectivity index (χ0n) is 8.06. The van der Waals surface area contributed by atoms with Crippen LogP contribution in [0, 0.1) is 5.41 Å². The minimum Gasteiger partial charge on any atom is -0.371 e. The van der Waals surface area contributed by atoms with Gasteiger partial charge in [0.25, 0.3) is 0 Å². The first-order valence-corrected chi connectivity index (χ1v) is 4.87. The van der Waals surface area contributed by atoms with Gasteiger partial charge in [-0.1, -0.05) is 0 Å². The molecule has 3 nitrogen and oxygen atoms in total. The summed E-state index contributed by atoms with van der Waals surface area (Å²) in [6.07, 6.45) is 4.64. The highest BCUT2D eigenvalue weighted by Crippen LogP contribution is 2.44. The molecule has 1 saturated carbocycles. The molecule has 3 N–H and O–H groups in total. The number of nitrogens with one attached hydrogen (secondary N) is 3. The molecule has 0 saturated heterocycles. The largest absolute Gasteiger partial charge is 0.371 e. The smallest absolute Gasteiger partial charge is 0.103 e. The molecule has 0 amide bonds. The summed E-state index contributed by atoms with van der Waals surface area (Å²) in [5.41, 5.74) is 0.528. The lowest BCUT2D eigenvalue weighted by atomic mass is 10.1. The first-order valence-electron chi connectivity index (χ1n) is 4.87. The van der Waals surface area contributed by atoms with E-state index in [2.05, 4.69) is 21.7 Å². The highest BCUT2D eigenvalue weighted by molar-refractivity contribution is 5.35. The lowest BCUT2D eigenvalue weighted by Gasteiger charge is -2.15. The summed E-state index contributed by atoms with van der Waals surface area (Å²) >= 11 is 0. The van der Waals surface area contributed by atoms with Gasteiger partial charge in [0.1, 0.15) is 5.82 Å². The Morgan fingerprint density at radius 3 is 2.85 bits per heavy atom. The standard InChI is InChI=1S/C10H17N3/c1-11-7-10(4-5-10)8-13-9-3-2-6-12-9/h2-3,6,11-13H,4-5,7-8H2,1H3. The van der Waals surface area contributed by atoms with Gasteiger partial charge in [0.15, 0.2) is 0 Å². The molecule has 1 fully saturated rings. The van der Waals surface area contributed by atoms with Crippen LogP contribution in [-0.4, -0.2) is 25.1 Å². The fourth-order valence-corrected chi connectivity index (χ4v) is 1.69. The lowest BCUT2D eigenvalue weighted by Crippen LogP contribution is -2.26. The molecule has 0 aliphatic heterocycles. The fourth-order valence-electron chi connectivity index (χ4n) is 1.69. The summed E-state index contributed by atoms with van der Waals surface area (Å²) in [6, 6.07) is 4.08. The van der Waals surface area contributed by atoms with Gasteiger partial charge < -0.3 is 15.6 Å². The molecule has 1 aliphatic carbocycles. The topological polar surface area (TPSA) is 39.8 Å². The first kappa shape index (κ1) is 8.63. The second-order valence-electron chi connectivity index (χ2n) is 3.97. The molecular formula is C10H17N3. The molecule has 0 spiro atoms. The van der Waals surface area contributed by atoms with Crippen LogP contribution in [0.3, 0.4) is 0 Å². The van der Waals surface area contributed by atoms with Crippen LogP contribution in [0.25, 0.3) is 0 Å². The Morgan fingerprint density at radius 2 is 2.31 bits per heavy atom. The van der Waals surface area contributed by atoms with E-state index in [4.69, 9.17) is 0 Å². The van der Waals surface area contributed by atoms with Crippen molar-refractivity contribution in [2.24, 2.45) is 5.41 Å². The monoisotopic (exact) mass is 179 g/mol. The zero-order chi connectivity index (χ0) is 9.15. The predicted octanol–water partition coefficient (Wildman–Crippen LogP) is 1.43. The normalized spacial score (nSPS) is 18.5. The number of aromatic amines is 1. The van der Waals surface area contributed by atoms with Gasteiger partial charge in [-0.2, -0.15) is 0 Å². The second kappa shape index (κ2) is 3.42. The SMILES string of the molecule is CNCC1(CNc2ccc[nH]2)CC1. The van der Waals surface area contributed by atoms with Crippen molar-refractivity contribution in [3.63, 3.8) is 0 Å². The van der Waals surface area contributed by atoms with E-state index in [1.165, 1.54) is 12.8 Å². The quantitative estimate of drug-likeness (QED) is 0.640. The first-order chi connectivity index (χ1) is 6.35. The van der Waals surface area contributed by atoms with Crippen LogP contribution in [0.2, 0.25) is 0 Å². The van der Waals surface area contributed by atoms with Crippen LogP contribution >= 0.6 is 0 Å². The Labute approximate surface area is 78.9 Å². The molecule has 3 heteroatoms. The Hall–Kier alpha value is -0.960. The summed E-state index contributed by atoms with van der Waals surface area (Å²) in [7, 11) is 2.02. The molecule has 0 unspecified atom stereocenters. The van der Waals surface area contributed by atoms with Crippen molar-refractivity contribution in [2.45, 2.75) is 12.8 Å². The van der Waals surface area contributed by atoms with Crippen molar-refractivity contribution in [3.8, 4) is 0 Å². The number of anilines is 1. The van der Waals surface area contributed by atoms with Gasteiger partial charge in [0.2, 0.25) is 0 Å². The van der Waals surface area contributed by atoms with Crippen LogP contribution < -0.4 is 10.6 Å². The third-order valence-corrected chi connectivity index (χ3v) is 2.76. The van der Waals surface area contributed by atoms with E-state index in [1.807, 2.05) is 19.3 Å². The molecule has 1 aromatic heterocycles. The average molecular weight is 179 g/mol. The molecule has 0 radical (unpaired) electrons. The van der Waals surface area contributed by atoms with Crippen LogP contribution in [0.1, 0.15) is 12.8 Å². The second-order valence-corrected chi connectivity index (χ2v) is 3.97. The maximum atomic E-state index is 3.42. The molecule has 2 rings (SSSR count). The average Bonchev–Trinajstić information content (AvgIpc) is 2.71. The maximum Gasteiger partial charge on any atom is 0.103 e. The molecule has 1 aromatic rings. The molecule has 1 aliphatic rings. The Kier molecular flexibility index (Phi) is 2.27. The molecule has 0 atom stereocenters. The summed E-state index contributed by atoms with van der Waals surface area (Å²) in [6.45, 7) is 2.20. The third-order valence-electron chi connectivity index (χ3n) is 2.76. The zero-order valence-corrected chi connectivity index (χ0v) is 8.06. The van der Waals surface area contributed by atoms with Crippen molar-refractivity contribution in [1.29, 1.82) is 0 Å². The summed E-state index contributed by atoms with van der Waals surface area (Å²) < 4.78 is 0. The molecule has 1 heterocycles. The van der Waals surface area contributed by atoms with Gasteiger partial charge >= 0.3 is 0 Å². The number of hydrogen-bond acceptors (Lipinski definition) is 2. The number of aromatic nitrogens is 1. The van der Waals surface area contributed by atoms with Gasteiger partial charge in [-0.15, -0.1) is 0 Å². The Bertz CT molecular complexity index is 249. The van der Waals surface area contributed by atoms with E-state index < -0.39 is 0 Å². The summed E-state index contributed by atoms with van der Waals surface area (Å²) in [5.74, 6) is 1.13. The van der Waals surface area contributed by atoms with Gasteiger partial charge in [-0.25, -0.2) is 0 Å². The van der Waals surface area contributed by atoms with Crippen molar-refractivity contribution in [1.82, 2.24) is 10.3 Å². The minimum atomic E-state index is 0.528. The van der Waals surface area contributed by atoms with Gasteiger partial charge in [0, 0.05) is 24.7 Å². The molecule has 13 heavy (non-hydrogen) atoms. The van der Waals surface area contributed by atoms with E-state index in [0.29, 0.717) is 5.41 Å². The lowest BCUT2D eigenvalue weighted by molar-refractivity contribution is 0.506. The van der Waals surface area contributed by atoms with E-state index in [1.54, 1.807) is 0 Å². The van der Waals surface area contributed by atoms with Crippen molar-refractivity contribution >= 4 is 5.82 Å². The van der Waals surface area contributed by atoms with Crippen LogP contribution in [-0.2, 0) is 0 Å². The number of hydrogen-bond donors (Lipinski definition) is 3. The number of rotatable bonds is 5. The Morgan fingerprint density at radius 1 is 1.46 bits per heavy atom. The molecule has 0 aromatic carbocycles. The third kappa shape index (κ3) is 2.04. The van der Waals surface area contributed by atoms with E-state index in [0.717, 1.165) is 18.9 Å². The van der Waals surface area contributed by atoms with Gasteiger partial charge in [-0.3, -0.25) is 0 Å². The predicted molar refractivity (Wildman–Crippen MR) is 54.9 cm³/mol. The van der Waals surface area contributed by atoms with Crippen LogP contribution in [0.15, 0.2) is 18.3 Å². The van der Waals surface area contributed by atoms with E-state index in [9.17, 15) is 0 Å². The van der Waals surface area contributed by atoms with Gasteiger partial charge in [0.05, 0.1) is 0 Å². The van der Waals surface area contributed by atoms with Crippen LogP contribution in [0.4, 0.5) is 5.82 Å². The fraction of sp³-hybridized carbons (Fsp3) is 0.600. The van der Waals surface area contributed by atoms with Crippen LogP contribution in [0.5, 0.6) is 0 Å². The molecular weight excluding hydrogens is 162 g/mol. The molecule has 72 valence electrons. The van der Waals surface area contributed by atoms with Gasteiger partial charge in [-0.05, 0) is 32.0 Å². The Balaban J connectivity index is 1.79. The number of H-pyrrole nitrogens is 1. The van der Waals surface area contributed by atoms with E-state index >= 15 is 0 Å². The highest BCUT2D eigenvalue weighted by Gasteiger charge is 2.41. The minimum absolute atomic E-state index is 0.528. The van der Waals surface area contributed by atoms with Crippen molar-refractivity contribution in [3.05, 3.63) is 18.3 Å². The van der Waals surface area contributed by atoms with Crippen molar-refractivity contribution in [2.75, 3.05) is 25.5 Å². The summed E-state index contributed by atoms with van der Waals surface area (Å²) in [5, 5.41) is 6.67. The summed E-state index contributed by atoms with van der Waals surface area (Å²) in [4.78, 5) is 3.15. The maximum absolute atomic E-state index is 3.42.